The first-order valence-corrected chi connectivity index (χ1v) is 6.98. The molecule has 1 aliphatic heterocycles. The smallest absolute Gasteiger partial charge is 0.0936 e. The minimum atomic E-state index is -0.153. The third-order valence-corrected chi connectivity index (χ3v) is 3.83. The molecule has 1 fully saturated rings. The lowest BCUT2D eigenvalue weighted by Gasteiger charge is -2.40. The van der Waals surface area contributed by atoms with Crippen LogP contribution < -0.4 is 5.73 Å². The number of nitrogens with zero attached hydrogens (tertiary/aromatic N) is 1. The molecule has 106 valence electrons. The van der Waals surface area contributed by atoms with Gasteiger partial charge >= 0.3 is 0 Å². The van der Waals surface area contributed by atoms with Crippen LogP contribution in [-0.4, -0.2) is 48.5 Å². The van der Waals surface area contributed by atoms with Gasteiger partial charge in [0.05, 0.1) is 18.8 Å². The lowest BCUT2D eigenvalue weighted by Crippen LogP contribution is -2.50. The number of ether oxygens (including phenoxy) is 1. The average molecular weight is 285 g/mol. The van der Waals surface area contributed by atoms with Crippen LogP contribution >= 0.6 is 11.6 Å². The first-order valence-electron chi connectivity index (χ1n) is 6.60. The summed E-state index contributed by atoms with van der Waals surface area (Å²) >= 11 is 6.26. The van der Waals surface area contributed by atoms with Crippen LogP contribution in [0.5, 0.6) is 0 Å². The summed E-state index contributed by atoms with van der Waals surface area (Å²) in [6.45, 7) is 4.00. The summed E-state index contributed by atoms with van der Waals surface area (Å²) in [6.07, 6.45) is -0.0669. The summed E-state index contributed by atoms with van der Waals surface area (Å²) < 4.78 is 5.66. The molecular weight excluding hydrogens is 264 g/mol. The number of halogens is 1. The van der Waals surface area contributed by atoms with E-state index in [0.29, 0.717) is 13.1 Å². The Morgan fingerprint density at radius 3 is 2.84 bits per heavy atom. The summed E-state index contributed by atoms with van der Waals surface area (Å²) in [4.78, 5) is 2.25. The summed E-state index contributed by atoms with van der Waals surface area (Å²) in [6, 6.07) is 7.84. The fraction of sp³-hybridized carbons (Fsp3) is 0.571. The molecule has 1 aromatic rings. The first kappa shape index (κ1) is 14.8. The van der Waals surface area contributed by atoms with Crippen molar-refractivity contribution in [1.82, 2.24) is 4.90 Å². The number of morpholine rings is 1. The van der Waals surface area contributed by atoms with Crippen molar-refractivity contribution in [2.24, 2.45) is 5.73 Å². The van der Waals surface area contributed by atoms with Crippen molar-refractivity contribution in [1.29, 1.82) is 0 Å². The highest BCUT2D eigenvalue weighted by Crippen LogP contribution is 2.29. The molecule has 0 saturated carbocycles. The maximum Gasteiger partial charge on any atom is 0.0936 e. The normalized spacial score (nSPS) is 26.3. The molecule has 3 N–H and O–H groups in total. The Morgan fingerprint density at radius 1 is 1.47 bits per heavy atom. The number of hydrogen-bond acceptors (Lipinski definition) is 4. The molecule has 0 amide bonds. The maximum atomic E-state index is 9.30. The van der Waals surface area contributed by atoms with Gasteiger partial charge in [-0.2, -0.15) is 0 Å². The van der Waals surface area contributed by atoms with Crippen molar-refractivity contribution in [2.75, 3.05) is 26.2 Å². The highest BCUT2D eigenvalue weighted by atomic mass is 35.5. The van der Waals surface area contributed by atoms with Crippen molar-refractivity contribution < 1.29 is 9.84 Å². The Balaban J connectivity index is 2.19. The Morgan fingerprint density at radius 2 is 2.21 bits per heavy atom. The zero-order valence-electron chi connectivity index (χ0n) is 11.1. The molecule has 0 aliphatic carbocycles. The molecule has 5 heteroatoms. The second-order valence-electron chi connectivity index (χ2n) is 4.98. The summed E-state index contributed by atoms with van der Waals surface area (Å²) in [5.41, 5.74) is 6.97. The maximum absolute atomic E-state index is 9.30. The van der Waals surface area contributed by atoms with E-state index < -0.39 is 0 Å². The van der Waals surface area contributed by atoms with Gasteiger partial charge in [0.2, 0.25) is 0 Å². The predicted octanol–water partition coefficient (Wildman–Crippen LogP) is 1.42. The van der Waals surface area contributed by atoms with E-state index in [4.69, 9.17) is 22.1 Å². The van der Waals surface area contributed by atoms with Gasteiger partial charge in [0.1, 0.15) is 0 Å². The van der Waals surface area contributed by atoms with E-state index in [9.17, 15) is 5.11 Å². The van der Waals surface area contributed by atoms with E-state index in [2.05, 4.69) is 4.90 Å². The summed E-state index contributed by atoms with van der Waals surface area (Å²) in [5.74, 6) is 0. The molecule has 3 atom stereocenters. The van der Waals surface area contributed by atoms with Crippen LogP contribution in [0.4, 0.5) is 0 Å². The molecule has 4 nitrogen and oxygen atoms in total. The molecule has 19 heavy (non-hydrogen) atoms. The SMILES string of the molecule is CC1CN(C(CN)c2ccccc2Cl)CC(CO)O1. The van der Waals surface area contributed by atoms with E-state index in [-0.39, 0.29) is 24.9 Å². The average Bonchev–Trinajstić information content (AvgIpc) is 2.41. The van der Waals surface area contributed by atoms with Crippen LogP contribution in [-0.2, 0) is 4.74 Å². The molecule has 0 aromatic heterocycles. The van der Waals surface area contributed by atoms with Crippen LogP contribution in [0, 0.1) is 0 Å². The molecule has 0 bridgehead atoms. The van der Waals surface area contributed by atoms with Gasteiger partial charge in [0.25, 0.3) is 0 Å². The number of nitrogens with two attached hydrogens (primary N) is 1. The van der Waals surface area contributed by atoms with E-state index >= 15 is 0 Å². The molecule has 1 saturated heterocycles. The number of rotatable bonds is 4. The number of benzene rings is 1. The Bertz CT molecular complexity index is 416. The fourth-order valence-electron chi connectivity index (χ4n) is 2.65. The monoisotopic (exact) mass is 284 g/mol. The van der Waals surface area contributed by atoms with Gasteiger partial charge in [0, 0.05) is 30.7 Å². The summed E-state index contributed by atoms with van der Waals surface area (Å²) in [5, 5.41) is 10.0. The van der Waals surface area contributed by atoms with Gasteiger partial charge in [-0.05, 0) is 18.6 Å². The van der Waals surface area contributed by atoms with Gasteiger partial charge in [-0.1, -0.05) is 29.8 Å². The third kappa shape index (κ3) is 3.46. The zero-order chi connectivity index (χ0) is 13.8. The molecule has 3 unspecified atom stereocenters. The number of aliphatic hydroxyl groups is 1. The van der Waals surface area contributed by atoms with Crippen LogP contribution in [0.3, 0.4) is 0 Å². The minimum Gasteiger partial charge on any atom is -0.394 e. The zero-order valence-corrected chi connectivity index (χ0v) is 11.9. The van der Waals surface area contributed by atoms with Crippen LogP contribution in [0.1, 0.15) is 18.5 Å². The second-order valence-corrected chi connectivity index (χ2v) is 5.39. The van der Waals surface area contributed by atoms with Crippen LogP contribution in [0.2, 0.25) is 5.02 Å². The largest absolute Gasteiger partial charge is 0.394 e. The van der Waals surface area contributed by atoms with E-state index in [1.807, 2.05) is 31.2 Å². The van der Waals surface area contributed by atoms with Crippen LogP contribution in [0.25, 0.3) is 0 Å². The molecule has 0 radical (unpaired) electrons. The highest BCUT2D eigenvalue weighted by molar-refractivity contribution is 6.31. The van der Waals surface area contributed by atoms with Gasteiger partial charge < -0.3 is 15.6 Å². The summed E-state index contributed by atoms with van der Waals surface area (Å²) in [7, 11) is 0. The van der Waals surface area contributed by atoms with Gasteiger partial charge in [-0.3, -0.25) is 4.90 Å². The molecule has 2 rings (SSSR count). The molecular formula is C14H21ClN2O2. The van der Waals surface area contributed by atoms with Gasteiger partial charge in [-0.25, -0.2) is 0 Å². The Labute approximate surface area is 119 Å². The van der Waals surface area contributed by atoms with Crippen molar-refractivity contribution in [3.05, 3.63) is 34.9 Å². The highest BCUT2D eigenvalue weighted by Gasteiger charge is 2.30. The van der Waals surface area contributed by atoms with Crippen molar-refractivity contribution >= 4 is 11.6 Å². The van der Waals surface area contributed by atoms with Gasteiger partial charge in [-0.15, -0.1) is 0 Å². The van der Waals surface area contributed by atoms with E-state index in [1.165, 1.54) is 0 Å². The van der Waals surface area contributed by atoms with Crippen LogP contribution in [0.15, 0.2) is 24.3 Å². The molecule has 1 aromatic carbocycles. The second kappa shape index (κ2) is 6.68. The third-order valence-electron chi connectivity index (χ3n) is 3.49. The van der Waals surface area contributed by atoms with E-state index in [0.717, 1.165) is 17.1 Å². The molecule has 1 aliphatic rings. The lowest BCUT2D eigenvalue weighted by atomic mass is 10.0. The molecule has 1 heterocycles. The predicted molar refractivity (Wildman–Crippen MR) is 76.2 cm³/mol. The van der Waals surface area contributed by atoms with Crippen molar-refractivity contribution in [3.63, 3.8) is 0 Å². The number of aliphatic hydroxyl groups excluding tert-OH is 1. The quantitative estimate of drug-likeness (QED) is 0.878. The molecule has 0 spiro atoms. The van der Waals surface area contributed by atoms with Crippen molar-refractivity contribution in [2.45, 2.75) is 25.2 Å². The standard InChI is InChI=1S/C14H21ClN2O2/c1-10-7-17(8-11(9-18)19-10)14(6-16)12-4-2-3-5-13(12)15/h2-5,10-11,14,18H,6-9,16H2,1H3. The lowest BCUT2D eigenvalue weighted by molar-refractivity contribution is -0.105. The first-order chi connectivity index (χ1) is 9.15. The fourth-order valence-corrected chi connectivity index (χ4v) is 2.92. The van der Waals surface area contributed by atoms with Crippen molar-refractivity contribution in [3.8, 4) is 0 Å². The number of hydrogen-bond donors (Lipinski definition) is 2. The Kier molecular flexibility index (Phi) is 5.19. The minimum absolute atomic E-state index is 0.0284. The Hall–Kier alpha value is -0.650. The van der Waals surface area contributed by atoms with E-state index in [1.54, 1.807) is 0 Å². The topological polar surface area (TPSA) is 58.7 Å². The van der Waals surface area contributed by atoms with Gasteiger partial charge in [0.15, 0.2) is 0 Å².